The minimum Gasteiger partial charge on any atom is -0.368 e. The molecule has 1 aliphatic rings. The van der Waals surface area contributed by atoms with Crippen molar-refractivity contribution < 1.29 is 0 Å². The van der Waals surface area contributed by atoms with E-state index in [4.69, 9.17) is 11.0 Å². The second kappa shape index (κ2) is 3.80. The molecule has 0 radical (unpaired) electrons. The molecule has 1 unspecified atom stereocenters. The van der Waals surface area contributed by atoms with Gasteiger partial charge in [-0.25, -0.2) is 0 Å². The van der Waals surface area contributed by atoms with E-state index in [0.29, 0.717) is 6.54 Å². The third kappa shape index (κ3) is 1.77. The molecule has 3 heteroatoms. The van der Waals surface area contributed by atoms with Crippen LogP contribution in [0.3, 0.4) is 0 Å². The van der Waals surface area contributed by atoms with Crippen LogP contribution in [0.5, 0.6) is 0 Å². The van der Waals surface area contributed by atoms with Crippen molar-refractivity contribution in [1.82, 2.24) is 0 Å². The van der Waals surface area contributed by atoms with Crippen LogP contribution in [0.25, 0.3) is 0 Å². The van der Waals surface area contributed by atoms with Crippen LogP contribution in [0.4, 0.5) is 5.69 Å². The maximum Gasteiger partial charge on any atom is 0.123 e. The number of nitriles is 1. The lowest BCUT2D eigenvalue weighted by Crippen LogP contribution is -2.41. The third-order valence-corrected chi connectivity index (χ3v) is 3.28. The van der Waals surface area contributed by atoms with Crippen LogP contribution < -0.4 is 10.6 Å². The average Bonchev–Trinajstić information content (AvgIpc) is 2.62. The van der Waals surface area contributed by atoms with Gasteiger partial charge in [0.15, 0.2) is 0 Å². The van der Waals surface area contributed by atoms with Crippen LogP contribution in [0.2, 0.25) is 0 Å². The molecule has 1 aliphatic heterocycles. The highest BCUT2D eigenvalue weighted by Crippen LogP contribution is 2.30. The first-order valence-corrected chi connectivity index (χ1v) is 5.57. The van der Waals surface area contributed by atoms with Crippen LogP contribution in [-0.2, 0) is 0 Å². The van der Waals surface area contributed by atoms with Crippen LogP contribution in [0.15, 0.2) is 18.2 Å². The van der Waals surface area contributed by atoms with Crippen molar-refractivity contribution in [2.45, 2.75) is 25.8 Å². The fourth-order valence-electron chi connectivity index (χ4n) is 2.42. The lowest BCUT2D eigenvalue weighted by molar-refractivity contribution is 0.606. The molecule has 2 rings (SSSR count). The van der Waals surface area contributed by atoms with Gasteiger partial charge in [0.05, 0.1) is 6.07 Å². The zero-order valence-corrected chi connectivity index (χ0v) is 9.83. The van der Waals surface area contributed by atoms with Gasteiger partial charge in [0.1, 0.15) is 5.54 Å². The van der Waals surface area contributed by atoms with Crippen LogP contribution >= 0.6 is 0 Å². The first kappa shape index (κ1) is 11.0. The van der Waals surface area contributed by atoms with Gasteiger partial charge < -0.3 is 10.6 Å². The Bertz CT molecular complexity index is 427. The van der Waals surface area contributed by atoms with Gasteiger partial charge in [-0.3, -0.25) is 0 Å². The van der Waals surface area contributed by atoms with Crippen molar-refractivity contribution in [2.75, 3.05) is 18.0 Å². The molecule has 0 aliphatic carbocycles. The normalized spacial score (nSPS) is 24.5. The van der Waals surface area contributed by atoms with Gasteiger partial charge in [0, 0.05) is 18.8 Å². The van der Waals surface area contributed by atoms with Gasteiger partial charge in [0.2, 0.25) is 0 Å². The maximum absolute atomic E-state index is 9.03. The minimum absolute atomic E-state index is 0.634. The molecular formula is C13H17N3. The van der Waals surface area contributed by atoms with Crippen LogP contribution in [-0.4, -0.2) is 18.6 Å². The molecule has 1 aromatic carbocycles. The number of hydrogen-bond donors (Lipinski definition) is 1. The topological polar surface area (TPSA) is 53.0 Å². The second-order valence-corrected chi connectivity index (χ2v) is 4.68. The van der Waals surface area contributed by atoms with Crippen LogP contribution in [0.1, 0.15) is 17.5 Å². The summed E-state index contributed by atoms with van der Waals surface area (Å²) in [4.78, 5) is 2.23. The predicted octanol–water partition coefficient (Wildman–Crippen LogP) is 1.73. The third-order valence-electron chi connectivity index (χ3n) is 3.28. The van der Waals surface area contributed by atoms with E-state index < -0.39 is 5.54 Å². The summed E-state index contributed by atoms with van der Waals surface area (Å²) in [5.41, 5.74) is 9.06. The number of anilines is 1. The van der Waals surface area contributed by atoms with Gasteiger partial charge in [-0.1, -0.05) is 18.2 Å². The Balaban J connectivity index is 2.32. The summed E-state index contributed by atoms with van der Waals surface area (Å²) < 4.78 is 0. The maximum atomic E-state index is 9.03. The van der Waals surface area contributed by atoms with E-state index in [0.717, 1.165) is 13.0 Å². The summed E-state index contributed by atoms with van der Waals surface area (Å²) in [6.45, 7) is 5.71. The number of hydrogen-bond acceptors (Lipinski definition) is 3. The van der Waals surface area contributed by atoms with Gasteiger partial charge in [-0.2, -0.15) is 5.26 Å². The van der Waals surface area contributed by atoms with E-state index in [1.807, 2.05) is 0 Å². The molecule has 84 valence electrons. The summed E-state index contributed by atoms with van der Waals surface area (Å²) in [6.07, 6.45) is 0.747. The fraction of sp³-hybridized carbons (Fsp3) is 0.462. The summed E-state index contributed by atoms with van der Waals surface area (Å²) in [5, 5.41) is 9.03. The fourth-order valence-corrected chi connectivity index (χ4v) is 2.42. The molecule has 16 heavy (non-hydrogen) atoms. The highest BCUT2D eigenvalue weighted by atomic mass is 15.2. The van der Waals surface area contributed by atoms with Crippen molar-refractivity contribution in [1.29, 1.82) is 5.26 Å². The van der Waals surface area contributed by atoms with Gasteiger partial charge in [-0.05, 0) is 31.4 Å². The minimum atomic E-state index is -0.672. The highest BCUT2D eigenvalue weighted by Gasteiger charge is 2.35. The SMILES string of the molecule is Cc1cccc(C)c1N1CCC(N)(C#N)C1. The molecular weight excluding hydrogens is 198 g/mol. The molecule has 1 aromatic rings. The quantitative estimate of drug-likeness (QED) is 0.776. The number of aryl methyl sites for hydroxylation is 2. The lowest BCUT2D eigenvalue weighted by atomic mass is 10.0. The Morgan fingerprint density at radius 3 is 2.50 bits per heavy atom. The highest BCUT2D eigenvalue weighted by molar-refractivity contribution is 5.60. The van der Waals surface area contributed by atoms with Gasteiger partial charge in [0.25, 0.3) is 0 Å². The Hall–Kier alpha value is -1.53. The molecule has 0 saturated carbocycles. The molecule has 1 atom stereocenters. The molecule has 0 spiro atoms. The molecule has 3 nitrogen and oxygen atoms in total. The molecule has 0 aromatic heterocycles. The van der Waals surface area contributed by atoms with E-state index >= 15 is 0 Å². The van der Waals surface area contributed by atoms with Crippen molar-refractivity contribution in [2.24, 2.45) is 5.73 Å². The summed E-state index contributed by atoms with van der Waals surface area (Å²) in [6, 6.07) is 8.48. The van der Waals surface area contributed by atoms with Crippen LogP contribution in [0, 0.1) is 25.2 Å². The van der Waals surface area contributed by atoms with E-state index in [2.05, 4.69) is 43.0 Å². The molecule has 0 bridgehead atoms. The van der Waals surface area contributed by atoms with E-state index in [1.54, 1.807) is 0 Å². The summed E-state index contributed by atoms with van der Waals surface area (Å²) in [7, 11) is 0. The summed E-state index contributed by atoms with van der Waals surface area (Å²) >= 11 is 0. The monoisotopic (exact) mass is 215 g/mol. The standard InChI is InChI=1S/C13H17N3/c1-10-4-3-5-11(2)12(10)16-7-6-13(15,8-14)9-16/h3-5H,6-7,9,15H2,1-2H3. The zero-order valence-electron chi connectivity index (χ0n) is 9.83. The van der Waals surface area contributed by atoms with Crippen molar-refractivity contribution >= 4 is 5.69 Å². The van der Waals surface area contributed by atoms with E-state index in [1.165, 1.54) is 16.8 Å². The Morgan fingerprint density at radius 2 is 2.00 bits per heavy atom. The number of nitrogens with zero attached hydrogens (tertiary/aromatic N) is 2. The lowest BCUT2D eigenvalue weighted by Gasteiger charge is -2.24. The van der Waals surface area contributed by atoms with E-state index in [9.17, 15) is 0 Å². The van der Waals surface area contributed by atoms with Gasteiger partial charge in [-0.15, -0.1) is 0 Å². The van der Waals surface area contributed by atoms with Crippen molar-refractivity contribution in [3.8, 4) is 6.07 Å². The molecule has 2 N–H and O–H groups in total. The number of para-hydroxylation sites is 1. The zero-order chi connectivity index (χ0) is 11.8. The smallest absolute Gasteiger partial charge is 0.123 e. The molecule has 1 fully saturated rings. The molecule has 1 saturated heterocycles. The Labute approximate surface area is 96.5 Å². The number of nitrogens with two attached hydrogens (primary N) is 1. The van der Waals surface area contributed by atoms with Crippen molar-refractivity contribution in [3.63, 3.8) is 0 Å². The van der Waals surface area contributed by atoms with Crippen molar-refractivity contribution in [3.05, 3.63) is 29.3 Å². The molecule has 0 amide bonds. The van der Waals surface area contributed by atoms with E-state index in [-0.39, 0.29) is 0 Å². The summed E-state index contributed by atoms with van der Waals surface area (Å²) in [5.74, 6) is 0. The Morgan fingerprint density at radius 1 is 1.38 bits per heavy atom. The first-order chi connectivity index (χ1) is 7.56. The molecule has 1 heterocycles. The predicted molar refractivity (Wildman–Crippen MR) is 65.3 cm³/mol. The number of benzene rings is 1. The largest absolute Gasteiger partial charge is 0.368 e. The Kier molecular flexibility index (Phi) is 2.61. The van der Waals surface area contributed by atoms with Gasteiger partial charge >= 0.3 is 0 Å². The first-order valence-electron chi connectivity index (χ1n) is 5.57. The second-order valence-electron chi connectivity index (χ2n) is 4.68. The number of rotatable bonds is 1. The average molecular weight is 215 g/mol.